The minimum Gasteiger partial charge on any atom is -0.492 e. The second kappa shape index (κ2) is 17.6. The summed E-state index contributed by atoms with van der Waals surface area (Å²) in [6, 6.07) is 6.59. The Balaban J connectivity index is 1.52. The number of aliphatic hydroxyl groups is 4. The molecular formula is C45H61NO15S. The van der Waals surface area contributed by atoms with E-state index in [0.29, 0.717) is 0 Å². The van der Waals surface area contributed by atoms with Crippen LogP contribution in [0.1, 0.15) is 91.9 Å². The van der Waals surface area contributed by atoms with E-state index in [1.54, 1.807) is 57.2 Å². The third kappa shape index (κ3) is 8.58. The molecule has 62 heavy (non-hydrogen) atoms. The molecule has 15 atom stereocenters. The molecule has 16 nitrogen and oxygen atoms in total. The van der Waals surface area contributed by atoms with Crippen LogP contribution in [0.25, 0.3) is 0 Å². The highest BCUT2D eigenvalue weighted by Gasteiger charge is 2.78. The number of hydrogen-bond donors (Lipinski definition) is 5. The molecule has 1 aromatic rings. The lowest BCUT2D eigenvalue weighted by atomic mass is 9.44. The van der Waals surface area contributed by atoms with Crippen molar-refractivity contribution < 1.29 is 72.8 Å². The van der Waals surface area contributed by atoms with E-state index in [1.165, 1.54) is 39.2 Å². The number of Topliss-reactive ketones (excluding diaryl/α,β-unsaturated/α-hetero) is 1. The zero-order chi connectivity index (χ0) is 45.7. The molecule has 2 aliphatic heterocycles. The van der Waals surface area contributed by atoms with Gasteiger partial charge in [0.2, 0.25) is 0 Å². The minimum absolute atomic E-state index is 0.0189. The van der Waals surface area contributed by atoms with E-state index in [4.69, 9.17) is 28.4 Å². The van der Waals surface area contributed by atoms with E-state index >= 15 is 4.79 Å². The molecule has 4 fully saturated rings. The summed E-state index contributed by atoms with van der Waals surface area (Å²) in [5.74, 6) is -7.14. The van der Waals surface area contributed by atoms with Gasteiger partial charge in [0, 0.05) is 29.4 Å². The lowest BCUT2D eigenvalue weighted by Crippen LogP contribution is -2.79. The molecule has 342 valence electrons. The SMILES string of the molecule is CC(=O)O[C@@]12CO[C@@H]1CC[C@H](O)[C@@]1(C)C(=O)[C@H](OC(C)O)C3C(C)[C@@H](OC(=O)[C@H](O)[C@@H](NC(=O)SC(C)(C)C)C4C=CC=CO4)C[C@@](O)([C@@H](OC(=O)c4ccccc4)[C@H]21)C3(C)C. The molecule has 3 saturated carbocycles. The van der Waals surface area contributed by atoms with Gasteiger partial charge in [0.05, 0.1) is 35.9 Å². The van der Waals surface area contributed by atoms with Crippen molar-refractivity contribution in [1.82, 2.24) is 5.32 Å². The fourth-order valence-corrected chi connectivity index (χ4v) is 11.4. The van der Waals surface area contributed by atoms with E-state index < -0.39 is 135 Å². The van der Waals surface area contributed by atoms with Crippen LogP contribution in [0.15, 0.2) is 54.8 Å². The van der Waals surface area contributed by atoms with Crippen molar-refractivity contribution in [3.63, 3.8) is 0 Å². The molecule has 0 aromatic heterocycles. The molecule has 5 N–H and O–H groups in total. The average Bonchev–Trinajstić information content (AvgIpc) is 3.24. The molecule has 4 unspecified atom stereocenters. The quantitative estimate of drug-likeness (QED) is 0.128. The minimum atomic E-state index is -2.31. The maximum atomic E-state index is 15.7. The van der Waals surface area contributed by atoms with Gasteiger partial charge in [-0.05, 0) is 56.9 Å². The van der Waals surface area contributed by atoms with Gasteiger partial charge in [0.25, 0.3) is 5.24 Å². The molecule has 3 aliphatic carbocycles. The number of carbonyl (C=O) groups excluding carboxylic acids is 5. The maximum Gasteiger partial charge on any atom is 0.338 e. The van der Waals surface area contributed by atoms with Crippen molar-refractivity contribution in [2.45, 2.75) is 153 Å². The standard InChI is InChI=1S/C45H61NO15S/c1-23-28(59-39(53)33(50)32(27-17-13-14-20-56-27)46-40(54)62-41(4,5)6)21-45(55)37(60-38(52)26-15-11-10-12-16-26)35-43(9,36(51)34(58-24(2)47)31(23)42(45,7)8)29(49)18-19-30-44(35,22-57-30)61-25(3)48/h10-17,20,23-24,27-35,37,47,49-50,55H,18-19,21-22H2,1-9H3,(H,46,54)/t23?,24?,27?,28-,29-,30+,31?,32-,33+,34+,35-,37-,43+,44-,45+/m0/s1. The number of fused-ring (bicyclic) bond motifs is 5. The van der Waals surface area contributed by atoms with E-state index in [-0.39, 0.29) is 25.0 Å². The predicted molar refractivity (Wildman–Crippen MR) is 223 cm³/mol. The molecule has 6 rings (SSSR count). The first kappa shape index (κ1) is 47.6. The fourth-order valence-electron chi connectivity index (χ4n) is 10.6. The first-order valence-electron chi connectivity index (χ1n) is 21.1. The van der Waals surface area contributed by atoms with Gasteiger partial charge in [-0.3, -0.25) is 14.4 Å². The third-order valence-corrected chi connectivity index (χ3v) is 14.6. The first-order chi connectivity index (χ1) is 28.9. The molecule has 0 radical (unpaired) electrons. The zero-order valence-corrected chi connectivity index (χ0v) is 37.5. The number of allylic oxidation sites excluding steroid dienone is 2. The monoisotopic (exact) mass is 887 g/mol. The third-order valence-electron chi connectivity index (χ3n) is 13.7. The van der Waals surface area contributed by atoms with Gasteiger partial charge < -0.3 is 54.2 Å². The van der Waals surface area contributed by atoms with Gasteiger partial charge in [0.15, 0.2) is 23.8 Å². The number of hydrogen-bond acceptors (Lipinski definition) is 16. The molecule has 0 spiro atoms. The van der Waals surface area contributed by atoms with Crippen molar-refractivity contribution in [3.05, 3.63) is 60.4 Å². The van der Waals surface area contributed by atoms with Crippen LogP contribution in [0.2, 0.25) is 0 Å². The van der Waals surface area contributed by atoms with E-state index in [0.717, 1.165) is 11.8 Å². The molecule has 1 saturated heterocycles. The van der Waals surface area contributed by atoms with Crippen LogP contribution in [0.5, 0.6) is 0 Å². The second-order valence-corrected chi connectivity index (χ2v) is 20.9. The maximum absolute atomic E-state index is 15.7. The Morgan fingerprint density at radius 2 is 1.69 bits per heavy atom. The van der Waals surface area contributed by atoms with Crippen LogP contribution >= 0.6 is 11.8 Å². The summed E-state index contributed by atoms with van der Waals surface area (Å²) < 4.78 is 36.1. The number of amides is 1. The van der Waals surface area contributed by atoms with Crippen molar-refractivity contribution >= 4 is 40.7 Å². The Labute approximate surface area is 366 Å². The highest BCUT2D eigenvalue weighted by molar-refractivity contribution is 8.14. The largest absolute Gasteiger partial charge is 0.492 e. The van der Waals surface area contributed by atoms with Crippen LogP contribution in [0.3, 0.4) is 0 Å². The number of thioether (sulfide) groups is 1. The molecule has 2 bridgehead atoms. The van der Waals surface area contributed by atoms with Gasteiger partial charge in [-0.2, -0.15) is 0 Å². The Kier molecular flexibility index (Phi) is 13.5. The van der Waals surface area contributed by atoms with Crippen LogP contribution in [0.4, 0.5) is 4.79 Å². The number of rotatable bonds is 10. The van der Waals surface area contributed by atoms with Crippen molar-refractivity contribution in [1.29, 1.82) is 0 Å². The lowest BCUT2D eigenvalue weighted by molar-refractivity contribution is -0.332. The summed E-state index contributed by atoms with van der Waals surface area (Å²) in [7, 11) is 0. The Morgan fingerprint density at radius 1 is 1.02 bits per heavy atom. The number of ether oxygens (including phenoxy) is 6. The van der Waals surface area contributed by atoms with E-state index in [9.17, 15) is 39.6 Å². The summed E-state index contributed by atoms with van der Waals surface area (Å²) in [6.07, 6.45) is -5.95. The lowest BCUT2D eigenvalue weighted by Gasteiger charge is -2.66. The number of aliphatic hydroxyl groups excluding tert-OH is 3. The van der Waals surface area contributed by atoms with Gasteiger partial charge >= 0.3 is 17.9 Å². The van der Waals surface area contributed by atoms with Crippen molar-refractivity contribution in [3.8, 4) is 0 Å². The van der Waals surface area contributed by atoms with Crippen LogP contribution in [-0.4, -0.2) is 127 Å². The summed E-state index contributed by atoms with van der Waals surface area (Å²) in [5, 5.41) is 50.8. The number of benzene rings is 1. The summed E-state index contributed by atoms with van der Waals surface area (Å²) in [5.41, 5.74) is -7.47. The van der Waals surface area contributed by atoms with Crippen molar-refractivity contribution in [2.24, 2.45) is 28.6 Å². The average molecular weight is 888 g/mol. The Morgan fingerprint density at radius 3 is 2.26 bits per heavy atom. The number of ketones is 1. The van der Waals surface area contributed by atoms with Gasteiger partial charge in [-0.25, -0.2) is 9.59 Å². The second-order valence-electron chi connectivity index (χ2n) is 19.1. The molecule has 1 amide bonds. The van der Waals surface area contributed by atoms with Crippen LogP contribution < -0.4 is 5.32 Å². The van der Waals surface area contributed by atoms with E-state index in [2.05, 4.69) is 5.32 Å². The summed E-state index contributed by atoms with van der Waals surface area (Å²) in [4.78, 5) is 70.7. The number of esters is 3. The van der Waals surface area contributed by atoms with Gasteiger partial charge in [-0.15, -0.1) is 0 Å². The van der Waals surface area contributed by atoms with Gasteiger partial charge in [0.1, 0.15) is 42.2 Å². The molecule has 5 aliphatic rings. The normalized spacial score (nSPS) is 37.5. The highest BCUT2D eigenvalue weighted by atomic mass is 32.2. The smallest absolute Gasteiger partial charge is 0.338 e. The highest BCUT2D eigenvalue weighted by Crippen LogP contribution is 2.64. The number of nitrogens with one attached hydrogen (secondary N) is 1. The molecule has 17 heteroatoms. The molecule has 1 aromatic carbocycles. The number of carbonyl (C=O) groups is 5. The summed E-state index contributed by atoms with van der Waals surface area (Å²) in [6.45, 7) is 14.1. The van der Waals surface area contributed by atoms with E-state index in [1.807, 2.05) is 20.8 Å². The van der Waals surface area contributed by atoms with Gasteiger partial charge in [-0.1, -0.05) is 77.6 Å². The Bertz CT molecular complexity index is 1930. The van der Waals surface area contributed by atoms with Crippen molar-refractivity contribution in [2.75, 3.05) is 6.61 Å². The first-order valence-corrected chi connectivity index (χ1v) is 21.9. The Hall–Kier alpha value is -3.84. The fraction of sp³-hybridized carbons (Fsp3) is 0.667. The predicted octanol–water partition coefficient (Wildman–Crippen LogP) is 3.76. The summed E-state index contributed by atoms with van der Waals surface area (Å²) >= 11 is 0.946. The topological polar surface area (TPSA) is 234 Å². The molecular weight excluding hydrogens is 827 g/mol. The molecule has 2 heterocycles. The zero-order valence-electron chi connectivity index (χ0n) is 36.6. The van der Waals surface area contributed by atoms with Crippen LogP contribution in [0, 0.1) is 28.6 Å². The van der Waals surface area contributed by atoms with Crippen LogP contribution in [-0.2, 0) is 42.8 Å².